The van der Waals surface area contributed by atoms with Crippen LogP contribution in [0.3, 0.4) is 0 Å². The fourth-order valence-corrected chi connectivity index (χ4v) is 3.84. The maximum atomic E-state index is 12.2. The van der Waals surface area contributed by atoms with Crippen LogP contribution >= 0.6 is 23.2 Å². The minimum absolute atomic E-state index is 0.257. The van der Waals surface area contributed by atoms with Gasteiger partial charge in [-0.3, -0.25) is 0 Å². The largest absolute Gasteiger partial charge is 0.481 e. The van der Waals surface area contributed by atoms with Gasteiger partial charge in [0, 0.05) is 21.5 Å². The van der Waals surface area contributed by atoms with Gasteiger partial charge in [-0.25, -0.2) is 9.59 Å². The fraction of sp³-hybridized carbons (Fsp3) is 0.385. The molecular weight excluding hydrogens is 479 g/mol. The number of carbonyl (C=O) groups is 2. The zero-order chi connectivity index (χ0) is 24.5. The van der Waals surface area contributed by atoms with Crippen molar-refractivity contribution in [1.29, 1.82) is 0 Å². The first-order valence-corrected chi connectivity index (χ1v) is 12.1. The summed E-state index contributed by atoms with van der Waals surface area (Å²) in [5, 5.41) is 3.03. The van der Waals surface area contributed by atoms with Gasteiger partial charge in [-0.2, -0.15) is 0 Å². The van der Waals surface area contributed by atoms with Crippen LogP contribution in [0.5, 0.6) is 11.5 Å². The van der Waals surface area contributed by atoms with Crippen LogP contribution in [0.4, 0.5) is 0 Å². The number of rotatable bonds is 12. The predicted molar refractivity (Wildman–Crippen MR) is 134 cm³/mol. The number of hydrogen-bond donors (Lipinski definition) is 0. The molecule has 0 radical (unpaired) electrons. The number of halogens is 2. The third kappa shape index (κ3) is 6.24. The van der Waals surface area contributed by atoms with Gasteiger partial charge in [0.25, 0.3) is 0 Å². The van der Waals surface area contributed by atoms with Gasteiger partial charge in [0.1, 0.15) is 11.5 Å². The summed E-state index contributed by atoms with van der Waals surface area (Å²) in [5.41, 5.74) is 0. The van der Waals surface area contributed by atoms with E-state index in [4.69, 9.17) is 42.1 Å². The number of esters is 2. The van der Waals surface area contributed by atoms with Crippen molar-refractivity contribution in [3.8, 4) is 11.5 Å². The van der Waals surface area contributed by atoms with Crippen molar-refractivity contribution in [3.05, 3.63) is 46.4 Å². The van der Waals surface area contributed by atoms with Crippen LogP contribution in [0, 0.1) is 0 Å². The van der Waals surface area contributed by atoms with Crippen LogP contribution in [0.25, 0.3) is 21.5 Å². The van der Waals surface area contributed by atoms with Gasteiger partial charge in [-0.15, -0.1) is 0 Å². The molecule has 0 aliphatic rings. The van der Waals surface area contributed by atoms with Gasteiger partial charge in [-0.05, 0) is 25.0 Å². The van der Waals surface area contributed by atoms with Crippen molar-refractivity contribution in [1.82, 2.24) is 0 Å². The molecule has 8 heteroatoms. The van der Waals surface area contributed by atoms with Crippen molar-refractivity contribution >= 4 is 56.7 Å². The van der Waals surface area contributed by atoms with Gasteiger partial charge < -0.3 is 18.9 Å². The van der Waals surface area contributed by atoms with Gasteiger partial charge in [-0.1, -0.05) is 74.2 Å². The third-order valence-electron chi connectivity index (χ3n) is 5.17. The molecule has 3 aromatic rings. The highest BCUT2D eigenvalue weighted by Crippen LogP contribution is 2.47. The molecule has 34 heavy (non-hydrogen) atoms. The van der Waals surface area contributed by atoms with Crippen molar-refractivity contribution in [2.45, 2.75) is 39.5 Å². The van der Waals surface area contributed by atoms with E-state index in [1.165, 1.54) is 0 Å². The Morgan fingerprint density at radius 1 is 0.735 bits per heavy atom. The lowest BCUT2D eigenvalue weighted by Crippen LogP contribution is -2.17. The topological polar surface area (TPSA) is 71.1 Å². The second-order valence-corrected chi connectivity index (χ2v) is 8.50. The van der Waals surface area contributed by atoms with E-state index >= 15 is 0 Å². The Balaban J connectivity index is 2.00. The Hall–Kier alpha value is -2.70. The number of carbonyl (C=O) groups excluding carboxylic acids is 2. The lowest BCUT2D eigenvalue weighted by Gasteiger charge is -2.18. The molecule has 3 aromatic carbocycles. The van der Waals surface area contributed by atoms with E-state index in [1.54, 1.807) is 12.1 Å². The summed E-state index contributed by atoms with van der Waals surface area (Å²) in [5.74, 6) is -0.0854. The molecule has 0 unspecified atom stereocenters. The lowest BCUT2D eigenvalue weighted by molar-refractivity contribution is -0.146. The summed E-state index contributed by atoms with van der Waals surface area (Å²) >= 11 is 12.9. The monoisotopic (exact) mass is 506 g/mol. The van der Waals surface area contributed by atoms with Gasteiger partial charge in [0.05, 0.1) is 23.3 Å². The summed E-state index contributed by atoms with van der Waals surface area (Å²) < 4.78 is 22.3. The van der Waals surface area contributed by atoms with E-state index in [0.29, 0.717) is 51.3 Å². The molecule has 0 atom stereocenters. The molecule has 0 aliphatic carbocycles. The summed E-state index contributed by atoms with van der Waals surface area (Å²) in [4.78, 5) is 24.4. The zero-order valence-corrected chi connectivity index (χ0v) is 20.8. The van der Waals surface area contributed by atoms with E-state index in [9.17, 15) is 9.59 Å². The first-order chi connectivity index (χ1) is 16.5. The molecule has 0 saturated carbocycles. The highest BCUT2D eigenvalue weighted by molar-refractivity contribution is 6.46. The van der Waals surface area contributed by atoms with E-state index in [2.05, 4.69) is 0 Å². The molecule has 0 N–H and O–H groups in total. The average Bonchev–Trinajstić information content (AvgIpc) is 2.83. The summed E-state index contributed by atoms with van der Waals surface area (Å²) in [6.45, 7) is 4.19. The van der Waals surface area contributed by atoms with Crippen LogP contribution in [0.15, 0.2) is 36.4 Å². The predicted octanol–water partition coefficient (Wildman–Crippen LogP) is 6.74. The average molecular weight is 507 g/mol. The van der Waals surface area contributed by atoms with E-state index in [-0.39, 0.29) is 18.2 Å². The van der Waals surface area contributed by atoms with E-state index in [0.717, 1.165) is 25.7 Å². The normalized spacial score (nSPS) is 10.9. The summed E-state index contributed by atoms with van der Waals surface area (Å²) in [7, 11) is 0. The molecule has 0 spiro atoms. The number of ether oxygens (including phenoxy) is 4. The molecular formula is C26H28Cl2O6. The minimum atomic E-state index is -0.473. The van der Waals surface area contributed by atoms with Gasteiger partial charge in [0.2, 0.25) is 0 Å². The Bertz CT molecular complexity index is 1160. The van der Waals surface area contributed by atoms with Gasteiger partial charge >= 0.3 is 11.9 Å². The minimum Gasteiger partial charge on any atom is -0.481 e. The second-order valence-electron chi connectivity index (χ2n) is 7.71. The van der Waals surface area contributed by atoms with Crippen molar-refractivity contribution in [3.63, 3.8) is 0 Å². The Morgan fingerprint density at radius 3 is 1.82 bits per heavy atom. The molecule has 182 valence electrons. The van der Waals surface area contributed by atoms with Crippen LogP contribution in [0.2, 0.25) is 10.0 Å². The first-order valence-electron chi connectivity index (χ1n) is 11.4. The lowest BCUT2D eigenvalue weighted by atomic mass is 10.0. The van der Waals surface area contributed by atoms with E-state index < -0.39 is 11.9 Å². The molecule has 0 heterocycles. The van der Waals surface area contributed by atoms with Crippen LogP contribution < -0.4 is 9.47 Å². The maximum Gasteiger partial charge on any atom is 0.344 e. The summed E-state index contributed by atoms with van der Waals surface area (Å²) in [6.07, 6.45) is 3.42. The van der Waals surface area contributed by atoms with Crippen molar-refractivity contribution < 1.29 is 28.5 Å². The maximum absolute atomic E-state index is 12.2. The Morgan fingerprint density at radius 2 is 1.26 bits per heavy atom. The first kappa shape index (κ1) is 25.9. The number of benzene rings is 3. The van der Waals surface area contributed by atoms with E-state index in [1.807, 2.05) is 38.1 Å². The Kier molecular flexibility index (Phi) is 9.66. The molecule has 6 nitrogen and oxygen atoms in total. The molecule has 0 bridgehead atoms. The molecule has 3 rings (SSSR count). The highest BCUT2D eigenvalue weighted by Gasteiger charge is 2.21. The third-order valence-corrected chi connectivity index (χ3v) is 5.98. The highest BCUT2D eigenvalue weighted by atomic mass is 35.5. The molecule has 0 aromatic heterocycles. The number of fused-ring (bicyclic) bond motifs is 2. The smallest absolute Gasteiger partial charge is 0.344 e. The fourth-order valence-electron chi connectivity index (χ4n) is 3.43. The van der Waals surface area contributed by atoms with Crippen molar-refractivity contribution in [2.24, 2.45) is 0 Å². The van der Waals surface area contributed by atoms with Crippen LogP contribution in [-0.2, 0) is 19.1 Å². The Labute approximate surface area is 209 Å². The number of hydrogen-bond acceptors (Lipinski definition) is 6. The van der Waals surface area contributed by atoms with Crippen molar-refractivity contribution in [2.75, 3.05) is 26.4 Å². The SMILES string of the molecule is CCCCOC(=O)COc1c2ccccc2c(OCC(=O)OCCCC)c2c(Cl)c(Cl)ccc12. The standard InChI is InChI=1S/C26H28Cl2O6/c1-3-5-13-31-21(29)15-33-25-17-9-7-8-10-18(17)26(34-16-22(30)32-14-6-4-2)23-19(25)11-12-20(27)24(23)28/h7-12H,3-6,13-16H2,1-2H3. The second kappa shape index (κ2) is 12.7. The van der Waals surface area contributed by atoms with Crippen LogP contribution in [-0.4, -0.2) is 38.4 Å². The molecule has 0 saturated heterocycles. The molecule has 0 fully saturated rings. The van der Waals surface area contributed by atoms with Gasteiger partial charge in [0.15, 0.2) is 13.2 Å². The zero-order valence-electron chi connectivity index (χ0n) is 19.3. The number of unbranched alkanes of at least 4 members (excludes halogenated alkanes) is 2. The molecule has 0 amide bonds. The quantitative estimate of drug-likeness (QED) is 0.154. The van der Waals surface area contributed by atoms with Crippen LogP contribution in [0.1, 0.15) is 39.5 Å². The molecule has 0 aliphatic heterocycles. The summed E-state index contributed by atoms with van der Waals surface area (Å²) in [6, 6.07) is 10.8.